The van der Waals surface area contributed by atoms with E-state index in [1.807, 2.05) is 0 Å². The number of amides is 2. The SMILES string of the molecule is C[C@H](O)[C@@H](NC(=O)OC(C)(C)C)C(=O)N1CC(Oc2ccc(CCB3O[C@@H]4C[C@@H]5C[C@@H](C5(C)C)[C@]4(C)O3)c(OC(=O)OC(C)(C)C)c2C(=O)OC(C)(C)C)C1. The maximum absolute atomic E-state index is 14.0. The standard InChI is InChI=1S/C40H61BN2O12/c1-22(44)30(42-34(47)52-37(5,6)7)32(45)43-20-25(21-43)49-26-15-14-23(16-17-41-54-28-19-24-18-27(39(24,11)12)40(28,13)55-41)31(50-35(48)53-38(8,9)10)29(26)33(46)51-36(2,3)4/h14-15,22,24-25,27-28,30,44H,16-21H2,1-13H3,(H,42,47)/t22-,24-,27-,28+,30+,40-/m0/s1. The number of carbonyl (C=O) groups excluding carboxylic acids is 4. The Morgan fingerprint density at radius 3 is 2.13 bits per heavy atom. The fourth-order valence-electron chi connectivity index (χ4n) is 8.14. The van der Waals surface area contributed by atoms with Crippen molar-refractivity contribution >= 4 is 31.2 Å². The lowest BCUT2D eigenvalue weighted by Gasteiger charge is -2.64. The van der Waals surface area contributed by atoms with Crippen LogP contribution in [0.2, 0.25) is 6.32 Å². The highest BCUT2D eigenvalue weighted by Gasteiger charge is 2.67. The summed E-state index contributed by atoms with van der Waals surface area (Å²) in [6.45, 7) is 23.7. The van der Waals surface area contributed by atoms with Gasteiger partial charge in [-0.05, 0) is 131 Å². The van der Waals surface area contributed by atoms with Crippen LogP contribution in [0.5, 0.6) is 11.5 Å². The largest absolute Gasteiger partial charge is 0.514 e. The van der Waals surface area contributed by atoms with Crippen molar-refractivity contribution in [1.82, 2.24) is 10.2 Å². The highest BCUT2D eigenvalue weighted by Crippen LogP contribution is 2.65. The van der Waals surface area contributed by atoms with Crippen molar-refractivity contribution in [2.45, 2.75) is 162 Å². The smallest absolute Gasteiger partial charge is 0.486 e. The van der Waals surface area contributed by atoms with Gasteiger partial charge in [0.1, 0.15) is 40.3 Å². The lowest BCUT2D eigenvalue weighted by molar-refractivity contribution is -0.199. The van der Waals surface area contributed by atoms with Crippen LogP contribution in [0.15, 0.2) is 12.1 Å². The maximum atomic E-state index is 14.0. The Morgan fingerprint density at radius 1 is 0.945 bits per heavy atom. The molecule has 6 atom stereocenters. The molecule has 2 bridgehead atoms. The highest BCUT2D eigenvalue weighted by molar-refractivity contribution is 6.45. The van der Waals surface area contributed by atoms with Crippen LogP contribution < -0.4 is 14.8 Å². The number of carbonyl (C=O) groups is 4. The average molecular weight is 773 g/mol. The van der Waals surface area contributed by atoms with Gasteiger partial charge in [0, 0.05) is 0 Å². The number of aliphatic hydroxyl groups excluding tert-OH is 1. The number of hydrogen-bond acceptors (Lipinski definition) is 12. The minimum Gasteiger partial charge on any atom is -0.486 e. The lowest BCUT2D eigenvalue weighted by Crippen LogP contribution is -2.65. The Labute approximate surface area is 325 Å². The lowest BCUT2D eigenvalue weighted by atomic mass is 9.43. The number of likely N-dealkylation sites (tertiary alicyclic amines) is 1. The van der Waals surface area contributed by atoms with Gasteiger partial charge in [0.15, 0.2) is 5.75 Å². The van der Waals surface area contributed by atoms with Gasteiger partial charge in [0.05, 0.1) is 30.9 Å². The molecular formula is C40H61BN2O12. The summed E-state index contributed by atoms with van der Waals surface area (Å²) in [7, 11) is -0.491. The van der Waals surface area contributed by atoms with Gasteiger partial charge in [-0.2, -0.15) is 0 Å². The fraction of sp³-hybridized carbons (Fsp3) is 0.750. The quantitative estimate of drug-likeness (QED) is 0.122. The second-order valence-corrected chi connectivity index (χ2v) is 19.3. The molecule has 306 valence electrons. The molecule has 6 rings (SSSR count). The van der Waals surface area contributed by atoms with Crippen LogP contribution >= 0.6 is 0 Å². The first-order valence-electron chi connectivity index (χ1n) is 19.4. The van der Waals surface area contributed by atoms with Crippen molar-refractivity contribution < 1.29 is 57.3 Å². The molecule has 3 saturated carbocycles. The third kappa shape index (κ3) is 9.71. The minimum absolute atomic E-state index is 0.00209. The van der Waals surface area contributed by atoms with Gasteiger partial charge in [-0.15, -0.1) is 0 Å². The van der Waals surface area contributed by atoms with Crippen LogP contribution in [-0.4, -0.2) is 101 Å². The van der Waals surface area contributed by atoms with E-state index < -0.39 is 71.9 Å². The van der Waals surface area contributed by atoms with Crippen molar-refractivity contribution in [1.29, 1.82) is 0 Å². The molecule has 0 unspecified atom stereocenters. The van der Waals surface area contributed by atoms with Crippen LogP contribution in [-0.2, 0) is 34.7 Å². The third-order valence-corrected chi connectivity index (χ3v) is 10.9. The summed E-state index contributed by atoms with van der Waals surface area (Å²) in [4.78, 5) is 54.4. The van der Waals surface area contributed by atoms with Gasteiger partial charge in [-0.3, -0.25) is 4.79 Å². The number of nitrogens with one attached hydrogen (secondary N) is 1. The summed E-state index contributed by atoms with van der Waals surface area (Å²) < 4.78 is 41.9. The van der Waals surface area contributed by atoms with Crippen LogP contribution in [0.4, 0.5) is 9.59 Å². The number of rotatable bonds is 10. The number of benzene rings is 1. The number of aliphatic hydroxyl groups is 1. The van der Waals surface area contributed by atoms with E-state index in [9.17, 15) is 24.3 Å². The molecule has 15 heteroatoms. The van der Waals surface area contributed by atoms with Gasteiger partial charge in [-0.25, -0.2) is 14.4 Å². The normalized spacial score (nSPS) is 25.7. The summed E-state index contributed by atoms with van der Waals surface area (Å²) >= 11 is 0. The van der Waals surface area contributed by atoms with E-state index in [4.69, 9.17) is 33.0 Å². The van der Waals surface area contributed by atoms with Gasteiger partial charge in [-0.1, -0.05) is 19.9 Å². The highest BCUT2D eigenvalue weighted by atomic mass is 16.7. The molecule has 55 heavy (non-hydrogen) atoms. The molecule has 2 amide bonds. The molecule has 2 N–H and O–H groups in total. The molecule has 2 aliphatic heterocycles. The van der Waals surface area contributed by atoms with Crippen LogP contribution in [0.25, 0.3) is 0 Å². The summed E-state index contributed by atoms with van der Waals surface area (Å²) in [5.74, 6) is -0.282. The molecule has 0 spiro atoms. The number of hydrogen-bond donors (Lipinski definition) is 2. The summed E-state index contributed by atoms with van der Waals surface area (Å²) in [5.41, 5.74) is -2.37. The first-order valence-corrected chi connectivity index (χ1v) is 19.4. The van der Waals surface area contributed by atoms with Crippen molar-refractivity contribution in [3.63, 3.8) is 0 Å². The van der Waals surface area contributed by atoms with E-state index in [1.165, 1.54) is 11.8 Å². The van der Waals surface area contributed by atoms with Crippen molar-refractivity contribution in [3.8, 4) is 11.5 Å². The van der Waals surface area contributed by atoms with Crippen LogP contribution in [0, 0.1) is 17.3 Å². The Morgan fingerprint density at radius 2 is 1.56 bits per heavy atom. The molecule has 0 aromatic heterocycles. The van der Waals surface area contributed by atoms with Gasteiger partial charge in [0.2, 0.25) is 5.91 Å². The number of aryl methyl sites for hydroxylation is 1. The molecule has 3 aliphatic carbocycles. The Balaban J connectivity index is 1.38. The number of alkyl carbamates (subject to hydrolysis) is 1. The first-order chi connectivity index (χ1) is 25.2. The van der Waals surface area contributed by atoms with Gasteiger partial charge < -0.3 is 48.3 Å². The van der Waals surface area contributed by atoms with E-state index >= 15 is 0 Å². The van der Waals surface area contributed by atoms with Crippen LogP contribution in [0.3, 0.4) is 0 Å². The second-order valence-electron chi connectivity index (χ2n) is 19.3. The zero-order valence-corrected chi connectivity index (χ0v) is 34.8. The monoisotopic (exact) mass is 772 g/mol. The van der Waals surface area contributed by atoms with E-state index in [2.05, 4.69) is 26.1 Å². The van der Waals surface area contributed by atoms with Gasteiger partial charge in [0.25, 0.3) is 0 Å². The second kappa shape index (κ2) is 15.1. The molecule has 1 aromatic rings. The molecule has 1 aromatic carbocycles. The van der Waals surface area contributed by atoms with Gasteiger partial charge >= 0.3 is 25.3 Å². The zero-order chi connectivity index (χ0) is 41.1. The van der Waals surface area contributed by atoms with Crippen molar-refractivity contribution in [2.24, 2.45) is 17.3 Å². The number of ether oxygens (including phenoxy) is 5. The molecular weight excluding hydrogens is 711 g/mol. The van der Waals surface area contributed by atoms with E-state index in [1.54, 1.807) is 74.4 Å². The number of esters is 1. The maximum Gasteiger partial charge on any atom is 0.514 e. The van der Waals surface area contributed by atoms with E-state index in [0.717, 1.165) is 12.8 Å². The molecule has 0 radical (unpaired) electrons. The van der Waals surface area contributed by atoms with E-state index in [-0.39, 0.29) is 41.7 Å². The van der Waals surface area contributed by atoms with Crippen molar-refractivity contribution in [2.75, 3.05) is 13.1 Å². The molecule has 2 saturated heterocycles. The molecule has 5 aliphatic rings. The molecule has 2 heterocycles. The first kappa shape index (κ1) is 42.6. The summed E-state index contributed by atoms with van der Waals surface area (Å²) in [6, 6.07) is 2.10. The Bertz CT molecular complexity index is 1640. The average Bonchev–Trinajstić information content (AvgIpc) is 3.33. The predicted molar refractivity (Wildman–Crippen MR) is 203 cm³/mol. The summed E-state index contributed by atoms with van der Waals surface area (Å²) in [5, 5.41) is 12.8. The number of nitrogens with zero attached hydrogens (tertiary/aromatic N) is 1. The Kier molecular flexibility index (Phi) is 11.7. The predicted octanol–water partition coefficient (Wildman–Crippen LogP) is 6.09. The third-order valence-electron chi connectivity index (χ3n) is 10.9. The van der Waals surface area contributed by atoms with Crippen molar-refractivity contribution in [3.05, 3.63) is 23.3 Å². The van der Waals surface area contributed by atoms with Crippen LogP contribution in [0.1, 0.15) is 119 Å². The summed E-state index contributed by atoms with van der Waals surface area (Å²) in [6.07, 6.45) is -0.794. The zero-order valence-electron chi connectivity index (χ0n) is 34.8. The topological polar surface area (TPSA) is 168 Å². The van der Waals surface area contributed by atoms with E-state index in [0.29, 0.717) is 30.1 Å². The fourth-order valence-corrected chi connectivity index (χ4v) is 8.14. The molecule has 14 nitrogen and oxygen atoms in total. The molecule has 5 fully saturated rings. The Hall–Kier alpha value is -3.56. The minimum atomic E-state index is -1.25.